The molecule has 0 atom stereocenters. The number of nitrogens with one attached hydrogen (secondary N) is 2. The van der Waals surface area contributed by atoms with Gasteiger partial charge in [-0.05, 0) is 35.8 Å². The molecule has 3 N–H and O–H groups in total. The maximum atomic E-state index is 12.0. The lowest BCUT2D eigenvalue weighted by Crippen LogP contribution is -2.29. The quantitative estimate of drug-likeness (QED) is 0.594. The van der Waals surface area contributed by atoms with Crippen LogP contribution in [0.25, 0.3) is 10.1 Å². The molecule has 0 aliphatic rings. The SMILES string of the molecule is O=C(O)c1cccc(C(=O)NCCNc2nsc3ccccc23)n1. The van der Waals surface area contributed by atoms with E-state index in [9.17, 15) is 9.59 Å². The lowest BCUT2D eigenvalue weighted by atomic mass is 10.2. The van der Waals surface area contributed by atoms with Crippen LogP contribution in [0.5, 0.6) is 0 Å². The van der Waals surface area contributed by atoms with Crippen molar-refractivity contribution < 1.29 is 14.7 Å². The Morgan fingerprint density at radius 3 is 2.67 bits per heavy atom. The van der Waals surface area contributed by atoms with Crippen LogP contribution in [0.2, 0.25) is 0 Å². The van der Waals surface area contributed by atoms with E-state index in [1.54, 1.807) is 0 Å². The van der Waals surface area contributed by atoms with Gasteiger partial charge in [-0.1, -0.05) is 18.2 Å². The summed E-state index contributed by atoms with van der Waals surface area (Å²) in [4.78, 5) is 26.6. The van der Waals surface area contributed by atoms with Gasteiger partial charge in [0.25, 0.3) is 5.91 Å². The number of anilines is 1. The number of aromatic carboxylic acids is 1. The minimum atomic E-state index is -1.17. The summed E-state index contributed by atoms with van der Waals surface area (Å²) in [5, 5.41) is 15.8. The highest BCUT2D eigenvalue weighted by atomic mass is 32.1. The molecule has 0 aliphatic heterocycles. The Morgan fingerprint density at radius 1 is 1.04 bits per heavy atom. The van der Waals surface area contributed by atoms with Crippen molar-refractivity contribution in [3.05, 3.63) is 53.9 Å². The largest absolute Gasteiger partial charge is 0.477 e. The van der Waals surface area contributed by atoms with Gasteiger partial charge in [0.05, 0.1) is 4.70 Å². The molecule has 0 fully saturated rings. The van der Waals surface area contributed by atoms with Gasteiger partial charge in [-0.25, -0.2) is 9.78 Å². The molecule has 1 aromatic carbocycles. The maximum absolute atomic E-state index is 12.0. The standard InChI is InChI=1S/C16H14N4O3S/c21-15(11-5-3-6-12(19-11)16(22)23)18-9-8-17-14-10-4-1-2-7-13(10)24-20-14/h1-7H,8-9H2,(H,17,20)(H,18,21)(H,22,23). The third kappa shape index (κ3) is 3.49. The van der Waals surface area contributed by atoms with E-state index in [0.717, 1.165) is 15.9 Å². The van der Waals surface area contributed by atoms with Crippen LogP contribution in [0.3, 0.4) is 0 Å². The van der Waals surface area contributed by atoms with Crippen LogP contribution in [0.4, 0.5) is 5.82 Å². The second kappa shape index (κ2) is 7.05. The summed E-state index contributed by atoms with van der Waals surface area (Å²) in [6.07, 6.45) is 0. The number of rotatable bonds is 6. The first-order chi connectivity index (χ1) is 11.6. The lowest BCUT2D eigenvalue weighted by molar-refractivity contribution is 0.0690. The Hall–Kier alpha value is -3.00. The van der Waals surface area contributed by atoms with E-state index in [1.165, 1.54) is 29.7 Å². The van der Waals surface area contributed by atoms with E-state index in [1.807, 2.05) is 24.3 Å². The number of pyridine rings is 1. The number of amides is 1. The molecule has 0 aliphatic carbocycles. The van der Waals surface area contributed by atoms with E-state index >= 15 is 0 Å². The maximum Gasteiger partial charge on any atom is 0.354 e. The Kier molecular flexibility index (Phi) is 4.66. The van der Waals surface area contributed by atoms with E-state index < -0.39 is 11.9 Å². The number of aromatic nitrogens is 2. The predicted octanol–water partition coefficient (Wildman–Crippen LogP) is 2.23. The van der Waals surface area contributed by atoms with Crippen LogP contribution in [0.15, 0.2) is 42.5 Å². The van der Waals surface area contributed by atoms with Gasteiger partial charge in [0.1, 0.15) is 17.2 Å². The summed E-state index contributed by atoms with van der Waals surface area (Å²) in [7, 11) is 0. The molecular weight excluding hydrogens is 328 g/mol. The van der Waals surface area contributed by atoms with E-state index in [-0.39, 0.29) is 11.4 Å². The molecule has 0 unspecified atom stereocenters. The molecular formula is C16H14N4O3S. The number of carboxylic acids is 1. The number of benzene rings is 1. The van der Waals surface area contributed by atoms with Crippen molar-refractivity contribution in [2.75, 3.05) is 18.4 Å². The van der Waals surface area contributed by atoms with Gasteiger partial charge < -0.3 is 15.7 Å². The summed E-state index contributed by atoms with van der Waals surface area (Å²) in [5.41, 5.74) is -0.0799. The Balaban J connectivity index is 1.54. The minimum Gasteiger partial charge on any atom is -0.477 e. The first-order valence-corrected chi connectivity index (χ1v) is 7.99. The van der Waals surface area contributed by atoms with Crippen LogP contribution in [0.1, 0.15) is 21.0 Å². The van der Waals surface area contributed by atoms with Gasteiger partial charge in [0, 0.05) is 18.5 Å². The Labute approximate surface area is 141 Å². The van der Waals surface area contributed by atoms with Crippen molar-refractivity contribution in [1.82, 2.24) is 14.7 Å². The molecule has 0 spiro atoms. The van der Waals surface area contributed by atoms with Gasteiger partial charge >= 0.3 is 5.97 Å². The second-order valence-electron chi connectivity index (χ2n) is 4.92. The van der Waals surface area contributed by atoms with Crippen molar-refractivity contribution in [3.63, 3.8) is 0 Å². The lowest BCUT2D eigenvalue weighted by Gasteiger charge is -2.06. The fraction of sp³-hybridized carbons (Fsp3) is 0.125. The topological polar surface area (TPSA) is 104 Å². The first-order valence-electron chi connectivity index (χ1n) is 7.22. The van der Waals surface area contributed by atoms with Crippen LogP contribution in [-0.2, 0) is 0 Å². The summed E-state index contributed by atoms with van der Waals surface area (Å²) < 4.78 is 5.44. The number of hydrogen-bond donors (Lipinski definition) is 3. The van der Waals surface area contributed by atoms with Crippen LogP contribution in [-0.4, -0.2) is 39.4 Å². The molecule has 3 rings (SSSR count). The van der Waals surface area contributed by atoms with Gasteiger partial charge in [-0.3, -0.25) is 4.79 Å². The number of nitrogens with zero attached hydrogens (tertiary/aromatic N) is 2. The molecule has 2 aromatic heterocycles. The molecule has 122 valence electrons. The van der Waals surface area contributed by atoms with E-state index in [2.05, 4.69) is 20.0 Å². The number of fused-ring (bicyclic) bond motifs is 1. The Morgan fingerprint density at radius 2 is 1.83 bits per heavy atom. The molecule has 24 heavy (non-hydrogen) atoms. The molecule has 7 nitrogen and oxygen atoms in total. The summed E-state index contributed by atoms with van der Waals surface area (Å²) in [6.45, 7) is 0.863. The van der Waals surface area contributed by atoms with Crippen molar-refractivity contribution >= 4 is 39.3 Å². The summed E-state index contributed by atoms with van der Waals surface area (Å²) in [6, 6.07) is 12.2. The normalized spacial score (nSPS) is 10.5. The molecule has 1 amide bonds. The van der Waals surface area contributed by atoms with Crippen LogP contribution < -0.4 is 10.6 Å². The molecule has 0 saturated heterocycles. The van der Waals surface area contributed by atoms with E-state index in [0.29, 0.717) is 13.1 Å². The summed E-state index contributed by atoms with van der Waals surface area (Å²) >= 11 is 1.41. The number of hydrogen-bond acceptors (Lipinski definition) is 6. The molecule has 0 saturated carbocycles. The molecule has 2 heterocycles. The highest BCUT2D eigenvalue weighted by Crippen LogP contribution is 2.25. The molecule has 0 radical (unpaired) electrons. The van der Waals surface area contributed by atoms with Crippen molar-refractivity contribution in [2.45, 2.75) is 0 Å². The summed E-state index contributed by atoms with van der Waals surface area (Å²) in [5.74, 6) is -0.791. The van der Waals surface area contributed by atoms with E-state index in [4.69, 9.17) is 5.11 Å². The minimum absolute atomic E-state index is 0.0778. The average molecular weight is 342 g/mol. The number of carbonyl (C=O) groups is 2. The van der Waals surface area contributed by atoms with Gasteiger partial charge in [0.2, 0.25) is 0 Å². The van der Waals surface area contributed by atoms with Crippen molar-refractivity contribution in [2.24, 2.45) is 0 Å². The van der Waals surface area contributed by atoms with Gasteiger partial charge in [-0.2, -0.15) is 4.37 Å². The molecule has 8 heteroatoms. The van der Waals surface area contributed by atoms with Crippen LogP contribution in [0, 0.1) is 0 Å². The average Bonchev–Trinajstić information content (AvgIpc) is 3.02. The zero-order valence-electron chi connectivity index (χ0n) is 12.5. The fourth-order valence-corrected chi connectivity index (χ4v) is 2.90. The third-order valence-electron chi connectivity index (χ3n) is 3.28. The highest BCUT2D eigenvalue weighted by molar-refractivity contribution is 7.13. The highest BCUT2D eigenvalue weighted by Gasteiger charge is 2.11. The number of carboxylic acid groups (broad SMARTS) is 1. The molecule has 3 aromatic rings. The van der Waals surface area contributed by atoms with Crippen LogP contribution >= 0.6 is 11.5 Å². The van der Waals surface area contributed by atoms with Crippen molar-refractivity contribution in [1.29, 1.82) is 0 Å². The monoisotopic (exact) mass is 342 g/mol. The van der Waals surface area contributed by atoms with Gasteiger partial charge in [-0.15, -0.1) is 0 Å². The Bertz CT molecular complexity index is 894. The van der Waals surface area contributed by atoms with Gasteiger partial charge in [0.15, 0.2) is 0 Å². The fourth-order valence-electron chi connectivity index (χ4n) is 2.14. The smallest absolute Gasteiger partial charge is 0.354 e. The molecule has 0 bridgehead atoms. The van der Waals surface area contributed by atoms with Crippen molar-refractivity contribution in [3.8, 4) is 0 Å². The number of carbonyl (C=O) groups excluding carboxylic acids is 1. The second-order valence-corrected chi connectivity index (χ2v) is 5.73. The zero-order chi connectivity index (χ0) is 16.9. The predicted molar refractivity (Wildman–Crippen MR) is 91.6 cm³/mol. The third-order valence-corrected chi connectivity index (χ3v) is 4.11. The zero-order valence-corrected chi connectivity index (χ0v) is 13.3. The first kappa shape index (κ1) is 15.9.